The van der Waals surface area contributed by atoms with Gasteiger partial charge in [-0.3, -0.25) is 9.80 Å². The number of urea groups is 1. The fourth-order valence-electron chi connectivity index (χ4n) is 5.44. The summed E-state index contributed by atoms with van der Waals surface area (Å²) in [5.74, 6) is -0.366. The van der Waals surface area contributed by atoms with Crippen LogP contribution in [0.4, 0.5) is 4.79 Å². The summed E-state index contributed by atoms with van der Waals surface area (Å²) in [5, 5.41) is 1.29. The molecule has 1 aromatic rings. The third-order valence-electron chi connectivity index (χ3n) is 7.73. The van der Waals surface area contributed by atoms with E-state index in [2.05, 4.69) is 69.0 Å². The van der Waals surface area contributed by atoms with Crippen molar-refractivity contribution in [2.75, 3.05) is 34.0 Å². The molecule has 7 nitrogen and oxygen atoms in total. The Labute approximate surface area is 219 Å². The first-order valence-electron chi connectivity index (χ1n) is 13.3. The SMILES string of the molecule is CN(C)C1(c2ccccc2)CCC2(CC1)CN(OC(=O)CC(C)(C)C)C(=O)N2COCC[Si](C)(C)C. The number of hydrogen-bond acceptors (Lipinski definition) is 5. The van der Waals surface area contributed by atoms with E-state index in [-0.39, 0.29) is 36.1 Å². The van der Waals surface area contributed by atoms with Crippen LogP contribution in [0.2, 0.25) is 25.7 Å². The molecule has 1 aliphatic heterocycles. The molecule has 1 heterocycles. The fourth-order valence-corrected chi connectivity index (χ4v) is 6.20. The highest BCUT2D eigenvalue weighted by Gasteiger charge is 2.56. The van der Waals surface area contributed by atoms with E-state index in [0.717, 1.165) is 31.7 Å². The molecule has 1 aliphatic carbocycles. The van der Waals surface area contributed by atoms with E-state index in [1.807, 2.05) is 25.7 Å². The topological polar surface area (TPSA) is 62.3 Å². The van der Waals surface area contributed by atoms with Crippen molar-refractivity contribution in [3.8, 4) is 0 Å². The molecule has 0 atom stereocenters. The van der Waals surface area contributed by atoms with Gasteiger partial charge >= 0.3 is 12.0 Å². The first-order chi connectivity index (χ1) is 16.7. The summed E-state index contributed by atoms with van der Waals surface area (Å²) in [6, 6.07) is 11.4. The van der Waals surface area contributed by atoms with E-state index in [0.29, 0.717) is 13.2 Å². The molecule has 36 heavy (non-hydrogen) atoms. The van der Waals surface area contributed by atoms with Crippen LogP contribution < -0.4 is 0 Å². The zero-order valence-corrected chi connectivity index (χ0v) is 24.7. The van der Waals surface area contributed by atoms with Crippen molar-refractivity contribution >= 4 is 20.1 Å². The van der Waals surface area contributed by atoms with E-state index >= 15 is 0 Å². The minimum absolute atomic E-state index is 0.0871. The maximum atomic E-state index is 13.5. The van der Waals surface area contributed by atoms with Crippen LogP contribution in [-0.4, -0.2) is 74.5 Å². The number of hydroxylamine groups is 2. The standard InChI is InChI=1S/C28H47N3O4Si/c1-26(2,3)20-24(32)35-31-21-27(30(25(31)33)22-34-18-19-36(6,7)8)14-16-28(17-15-27,29(4)5)23-12-10-9-11-13-23/h9-13H,14-22H2,1-8H3. The molecule has 0 unspecified atom stereocenters. The second kappa shape index (κ2) is 10.8. The highest BCUT2D eigenvalue weighted by atomic mass is 28.3. The highest BCUT2D eigenvalue weighted by molar-refractivity contribution is 6.76. The number of carbonyl (C=O) groups is 2. The molecule has 202 valence electrons. The number of benzene rings is 1. The molecule has 1 saturated carbocycles. The molecular formula is C28H47N3O4Si. The number of rotatable bonds is 9. The van der Waals surface area contributed by atoms with Crippen LogP contribution in [0.25, 0.3) is 0 Å². The molecule has 3 rings (SSSR count). The Morgan fingerprint density at radius 1 is 1.06 bits per heavy atom. The molecule has 0 N–H and O–H groups in total. The number of ether oxygens (including phenoxy) is 1. The van der Waals surface area contributed by atoms with Crippen molar-refractivity contribution in [1.29, 1.82) is 0 Å². The lowest BCUT2D eigenvalue weighted by atomic mass is 9.68. The number of amides is 2. The minimum atomic E-state index is -1.24. The van der Waals surface area contributed by atoms with E-state index in [4.69, 9.17) is 9.57 Å². The molecule has 2 aliphatic rings. The number of nitrogens with zero attached hydrogens (tertiary/aromatic N) is 3. The first kappa shape index (κ1) is 28.7. The van der Waals surface area contributed by atoms with Gasteiger partial charge in [0.05, 0.1) is 18.5 Å². The van der Waals surface area contributed by atoms with Gasteiger partial charge in [0, 0.05) is 20.2 Å². The molecule has 0 aromatic heterocycles. The Balaban J connectivity index is 1.80. The summed E-state index contributed by atoms with van der Waals surface area (Å²) in [5.41, 5.74) is 0.604. The van der Waals surface area contributed by atoms with Gasteiger partial charge in [-0.15, -0.1) is 0 Å². The Morgan fingerprint density at radius 2 is 1.67 bits per heavy atom. The average molecular weight is 518 g/mol. The third-order valence-corrected chi connectivity index (χ3v) is 9.44. The predicted molar refractivity (Wildman–Crippen MR) is 146 cm³/mol. The Kier molecular flexibility index (Phi) is 8.63. The molecule has 2 amide bonds. The molecule has 0 radical (unpaired) electrons. The summed E-state index contributed by atoms with van der Waals surface area (Å²) in [7, 11) is 3.04. The first-order valence-corrected chi connectivity index (χ1v) is 17.0. The van der Waals surface area contributed by atoms with Gasteiger partial charge in [0.25, 0.3) is 0 Å². The van der Waals surface area contributed by atoms with Crippen LogP contribution in [0, 0.1) is 5.41 Å². The molecule has 1 saturated heterocycles. The summed E-state index contributed by atoms with van der Waals surface area (Å²) in [6.07, 6.45) is 3.71. The lowest BCUT2D eigenvalue weighted by Gasteiger charge is -2.50. The van der Waals surface area contributed by atoms with Gasteiger partial charge in [-0.25, -0.2) is 9.59 Å². The summed E-state index contributed by atoms with van der Waals surface area (Å²) >= 11 is 0. The quantitative estimate of drug-likeness (QED) is 0.311. The van der Waals surface area contributed by atoms with Gasteiger partial charge in [-0.05, 0) is 56.8 Å². The van der Waals surface area contributed by atoms with Crippen molar-refractivity contribution in [3.05, 3.63) is 35.9 Å². The summed E-state index contributed by atoms with van der Waals surface area (Å²) in [6.45, 7) is 14.2. The van der Waals surface area contributed by atoms with Gasteiger partial charge in [-0.2, -0.15) is 5.06 Å². The molecule has 1 spiro atoms. The van der Waals surface area contributed by atoms with Crippen LogP contribution in [0.1, 0.15) is 58.4 Å². The maximum absolute atomic E-state index is 13.5. The van der Waals surface area contributed by atoms with Crippen LogP contribution >= 0.6 is 0 Å². The van der Waals surface area contributed by atoms with Gasteiger partial charge in [0.2, 0.25) is 0 Å². The van der Waals surface area contributed by atoms with Crippen LogP contribution in [0.3, 0.4) is 0 Å². The Bertz CT molecular complexity index is 900. The van der Waals surface area contributed by atoms with Crippen LogP contribution in [0.15, 0.2) is 30.3 Å². The van der Waals surface area contributed by atoms with Crippen LogP contribution in [0.5, 0.6) is 0 Å². The van der Waals surface area contributed by atoms with Crippen molar-refractivity contribution in [3.63, 3.8) is 0 Å². The van der Waals surface area contributed by atoms with Gasteiger partial charge in [-0.1, -0.05) is 70.7 Å². The largest absolute Gasteiger partial charge is 0.361 e. The van der Waals surface area contributed by atoms with Crippen molar-refractivity contribution in [2.45, 2.75) is 89.6 Å². The van der Waals surface area contributed by atoms with E-state index < -0.39 is 13.6 Å². The molecule has 2 fully saturated rings. The van der Waals surface area contributed by atoms with Gasteiger partial charge in [0.15, 0.2) is 0 Å². The summed E-state index contributed by atoms with van der Waals surface area (Å²) < 4.78 is 6.07. The fraction of sp³-hybridized carbons (Fsp3) is 0.714. The normalized spacial score (nSPS) is 25.2. The average Bonchev–Trinajstić information content (AvgIpc) is 3.01. The van der Waals surface area contributed by atoms with E-state index in [1.165, 1.54) is 10.6 Å². The summed E-state index contributed by atoms with van der Waals surface area (Å²) in [4.78, 5) is 36.0. The van der Waals surface area contributed by atoms with Crippen molar-refractivity contribution in [2.24, 2.45) is 5.41 Å². The monoisotopic (exact) mass is 517 g/mol. The second-order valence-corrected chi connectivity index (χ2v) is 18.9. The second-order valence-electron chi connectivity index (χ2n) is 13.3. The van der Waals surface area contributed by atoms with E-state index in [1.54, 1.807) is 0 Å². The van der Waals surface area contributed by atoms with E-state index in [9.17, 15) is 9.59 Å². The third kappa shape index (κ3) is 6.69. The highest BCUT2D eigenvalue weighted by Crippen LogP contribution is 2.49. The number of carbonyl (C=O) groups excluding carboxylic acids is 2. The Hall–Kier alpha value is -1.90. The van der Waals surface area contributed by atoms with Crippen molar-refractivity contribution in [1.82, 2.24) is 14.9 Å². The molecule has 0 bridgehead atoms. The molecule has 1 aromatic carbocycles. The molecular weight excluding hydrogens is 470 g/mol. The lowest BCUT2D eigenvalue weighted by Crippen LogP contribution is -2.55. The predicted octanol–water partition coefficient (Wildman–Crippen LogP) is 5.70. The zero-order chi connectivity index (χ0) is 26.8. The van der Waals surface area contributed by atoms with Crippen molar-refractivity contribution < 1.29 is 19.2 Å². The molecule has 8 heteroatoms. The number of hydrogen-bond donors (Lipinski definition) is 0. The Morgan fingerprint density at radius 3 is 2.19 bits per heavy atom. The van der Waals surface area contributed by atoms with Crippen LogP contribution in [-0.2, 0) is 19.9 Å². The smallest absolute Gasteiger partial charge is 0.355 e. The van der Waals surface area contributed by atoms with Gasteiger partial charge < -0.3 is 9.57 Å². The lowest BCUT2D eigenvalue weighted by molar-refractivity contribution is -0.177. The maximum Gasteiger partial charge on any atom is 0.355 e. The van der Waals surface area contributed by atoms with Gasteiger partial charge in [0.1, 0.15) is 6.73 Å². The zero-order valence-electron chi connectivity index (χ0n) is 23.7. The minimum Gasteiger partial charge on any atom is -0.361 e.